The van der Waals surface area contributed by atoms with Gasteiger partial charge in [0.25, 0.3) is 0 Å². The zero-order valence-electron chi connectivity index (χ0n) is 12.8. The second-order valence-corrected chi connectivity index (χ2v) is 6.76. The van der Waals surface area contributed by atoms with Gasteiger partial charge in [0.1, 0.15) is 5.60 Å². The largest absolute Gasteiger partial charge is 0.469 e. The van der Waals surface area contributed by atoms with Crippen molar-refractivity contribution in [1.29, 1.82) is 0 Å². The van der Waals surface area contributed by atoms with Crippen LogP contribution in [0.15, 0.2) is 28.7 Å². The highest BCUT2D eigenvalue weighted by Crippen LogP contribution is 2.19. The second-order valence-electron chi connectivity index (χ2n) is 5.84. The molecule has 0 aromatic heterocycles. The topological polar surface area (TPSA) is 52.6 Å². The molecule has 116 valence electrons. The minimum Gasteiger partial charge on any atom is -0.469 e. The van der Waals surface area contributed by atoms with Crippen molar-refractivity contribution in [1.82, 2.24) is 0 Å². The van der Waals surface area contributed by atoms with Crippen molar-refractivity contribution in [3.63, 3.8) is 0 Å². The van der Waals surface area contributed by atoms with Crippen molar-refractivity contribution in [3.05, 3.63) is 34.3 Å². The number of carbonyl (C=O) groups is 2. The Morgan fingerprint density at radius 2 is 1.76 bits per heavy atom. The van der Waals surface area contributed by atoms with Crippen LogP contribution in [0.5, 0.6) is 0 Å². The summed E-state index contributed by atoms with van der Waals surface area (Å²) in [5, 5.41) is 0. The molecule has 1 rings (SSSR count). The van der Waals surface area contributed by atoms with Gasteiger partial charge in [0.05, 0.1) is 19.4 Å². The van der Waals surface area contributed by atoms with Crippen LogP contribution < -0.4 is 0 Å². The molecule has 0 N–H and O–H groups in total. The van der Waals surface area contributed by atoms with Crippen LogP contribution in [-0.2, 0) is 25.5 Å². The van der Waals surface area contributed by atoms with E-state index in [0.717, 1.165) is 10.0 Å². The molecular formula is C16H21BrO4. The van der Waals surface area contributed by atoms with Crippen LogP contribution in [0, 0.1) is 5.92 Å². The van der Waals surface area contributed by atoms with Gasteiger partial charge in [-0.2, -0.15) is 0 Å². The highest BCUT2D eigenvalue weighted by molar-refractivity contribution is 9.10. The lowest BCUT2D eigenvalue weighted by Crippen LogP contribution is -2.28. The molecule has 21 heavy (non-hydrogen) atoms. The Kier molecular flexibility index (Phi) is 6.40. The Bertz CT molecular complexity index is 488. The summed E-state index contributed by atoms with van der Waals surface area (Å²) in [5.41, 5.74) is 0.409. The Balaban J connectivity index is 2.74. The molecule has 0 amide bonds. The standard InChI is InChI=1S/C16H21BrO4/c1-16(2,3)21-14(18)10-12(15(19)20-4)9-11-5-7-13(17)8-6-11/h5-8,12H,9-10H2,1-4H3. The normalized spacial score (nSPS) is 12.6. The molecule has 0 saturated carbocycles. The molecule has 0 saturated heterocycles. The number of halogens is 1. The van der Waals surface area contributed by atoms with Gasteiger partial charge < -0.3 is 9.47 Å². The maximum Gasteiger partial charge on any atom is 0.309 e. The molecule has 0 aliphatic rings. The molecule has 4 nitrogen and oxygen atoms in total. The van der Waals surface area contributed by atoms with E-state index in [1.54, 1.807) is 20.8 Å². The van der Waals surface area contributed by atoms with Crippen molar-refractivity contribution in [2.75, 3.05) is 7.11 Å². The summed E-state index contributed by atoms with van der Waals surface area (Å²) in [6, 6.07) is 7.62. The Morgan fingerprint density at radius 3 is 2.24 bits per heavy atom. The number of methoxy groups -OCH3 is 1. The number of carbonyl (C=O) groups excluding carboxylic acids is 2. The van der Waals surface area contributed by atoms with Crippen LogP contribution in [0.3, 0.4) is 0 Å². The average Bonchev–Trinajstić information content (AvgIpc) is 2.37. The minimum atomic E-state index is -0.560. The predicted molar refractivity (Wildman–Crippen MR) is 83.8 cm³/mol. The smallest absolute Gasteiger partial charge is 0.309 e. The molecular weight excluding hydrogens is 336 g/mol. The summed E-state index contributed by atoms with van der Waals surface area (Å²) in [6.07, 6.45) is 0.458. The van der Waals surface area contributed by atoms with Crippen molar-refractivity contribution in [2.24, 2.45) is 5.92 Å². The quantitative estimate of drug-likeness (QED) is 0.757. The first kappa shape index (κ1) is 17.7. The zero-order chi connectivity index (χ0) is 16.0. The van der Waals surface area contributed by atoms with Gasteiger partial charge in [0.2, 0.25) is 0 Å². The van der Waals surface area contributed by atoms with Gasteiger partial charge >= 0.3 is 11.9 Å². The molecule has 5 heteroatoms. The summed E-state index contributed by atoms with van der Waals surface area (Å²) >= 11 is 3.36. The van der Waals surface area contributed by atoms with Gasteiger partial charge in [-0.05, 0) is 44.9 Å². The summed E-state index contributed by atoms with van der Waals surface area (Å²) in [7, 11) is 1.33. The second kappa shape index (κ2) is 7.59. The van der Waals surface area contributed by atoms with E-state index in [-0.39, 0.29) is 6.42 Å². The van der Waals surface area contributed by atoms with E-state index < -0.39 is 23.5 Å². The summed E-state index contributed by atoms with van der Waals surface area (Å²) in [6.45, 7) is 5.40. The van der Waals surface area contributed by atoms with E-state index in [9.17, 15) is 9.59 Å². The van der Waals surface area contributed by atoms with E-state index >= 15 is 0 Å². The van der Waals surface area contributed by atoms with Crippen LogP contribution in [0.25, 0.3) is 0 Å². The third-order valence-electron chi connectivity index (χ3n) is 2.76. The number of benzene rings is 1. The molecule has 0 radical (unpaired) electrons. The van der Waals surface area contributed by atoms with Crippen molar-refractivity contribution in [3.8, 4) is 0 Å². The lowest BCUT2D eigenvalue weighted by atomic mass is 9.96. The highest BCUT2D eigenvalue weighted by Gasteiger charge is 2.26. The first-order valence-corrected chi connectivity index (χ1v) is 7.54. The van der Waals surface area contributed by atoms with Crippen molar-refractivity contribution < 1.29 is 19.1 Å². The molecule has 0 aliphatic carbocycles. The fourth-order valence-corrected chi connectivity index (χ4v) is 2.16. The lowest BCUT2D eigenvalue weighted by molar-refractivity contribution is -0.160. The van der Waals surface area contributed by atoms with Gasteiger partial charge in [-0.1, -0.05) is 28.1 Å². The van der Waals surface area contributed by atoms with E-state index in [1.165, 1.54) is 7.11 Å². The average molecular weight is 357 g/mol. The van der Waals surface area contributed by atoms with Crippen LogP contribution in [0.2, 0.25) is 0 Å². The number of hydrogen-bond donors (Lipinski definition) is 0. The van der Waals surface area contributed by atoms with Gasteiger partial charge in [-0.3, -0.25) is 9.59 Å². The molecule has 1 aromatic rings. The molecule has 1 unspecified atom stereocenters. The number of hydrogen-bond acceptors (Lipinski definition) is 4. The lowest BCUT2D eigenvalue weighted by Gasteiger charge is -2.21. The van der Waals surface area contributed by atoms with Crippen LogP contribution >= 0.6 is 15.9 Å². The fourth-order valence-electron chi connectivity index (χ4n) is 1.89. The van der Waals surface area contributed by atoms with Crippen molar-refractivity contribution in [2.45, 2.75) is 39.2 Å². The summed E-state index contributed by atoms with van der Waals surface area (Å²) in [5.74, 6) is -1.33. The van der Waals surface area contributed by atoms with Gasteiger partial charge in [-0.15, -0.1) is 0 Å². The molecule has 0 aliphatic heterocycles. The fraction of sp³-hybridized carbons (Fsp3) is 0.500. The summed E-state index contributed by atoms with van der Waals surface area (Å²) < 4.78 is 11.0. The van der Waals surface area contributed by atoms with Crippen molar-refractivity contribution >= 4 is 27.9 Å². The highest BCUT2D eigenvalue weighted by atomic mass is 79.9. The molecule has 1 aromatic carbocycles. The maximum atomic E-state index is 11.9. The zero-order valence-corrected chi connectivity index (χ0v) is 14.4. The minimum absolute atomic E-state index is 0.0139. The summed E-state index contributed by atoms with van der Waals surface area (Å²) in [4.78, 5) is 23.7. The first-order chi connectivity index (χ1) is 9.71. The Hall–Kier alpha value is -1.36. The monoisotopic (exact) mass is 356 g/mol. The third-order valence-corrected chi connectivity index (χ3v) is 3.29. The first-order valence-electron chi connectivity index (χ1n) is 6.75. The van der Waals surface area contributed by atoms with Crippen LogP contribution in [0.1, 0.15) is 32.8 Å². The molecule has 0 fully saturated rings. The molecule has 0 heterocycles. The van der Waals surface area contributed by atoms with E-state index in [0.29, 0.717) is 6.42 Å². The van der Waals surface area contributed by atoms with Crippen LogP contribution in [0.4, 0.5) is 0 Å². The number of rotatable bonds is 5. The van der Waals surface area contributed by atoms with E-state index in [4.69, 9.17) is 9.47 Å². The van der Waals surface area contributed by atoms with E-state index in [1.807, 2.05) is 24.3 Å². The molecule has 1 atom stereocenters. The Morgan fingerprint density at radius 1 is 1.19 bits per heavy atom. The third kappa shape index (κ3) is 6.76. The predicted octanol–water partition coefficient (Wildman–Crippen LogP) is 3.51. The van der Waals surface area contributed by atoms with Crippen LogP contribution in [-0.4, -0.2) is 24.6 Å². The van der Waals surface area contributed by atoms with Gasteiger partial charge in [-0.25, -0.2) is 0 Å². The van der Waals surface area contributed by atoms with E-state index in [2.05, 4.69) is 15.9 Å². The number of ether oxygens (including phenoxy) is 2. The number of esters is 2. The maximum absolute atomic E-state index is 11.9. The van der Waals surface area contributed by atoms with Gasteiger partial charge in [0.15, 0.2) is 0 Å². The molecule has 0 bridgehead atoms. The van der Waals surface area contributed by atoms with Gasteiger partial charge in [0, 0.05) is 4.47 Å². The Labute approximate surface area is 133 Å². The SMILES string of the molecule is COC(=O)C(CC(=O)OC(C)(C)C)Cc1ccc(Br)cc1. The molecule has 0 spiro atoms.